The third-order valence-electron chi connectivity index (χ3n) is 3.07. The van der Waals surface area contributed by atoms with Crippen LogP contribution in [0, 0.1) is 0 Å². The summed E-state index contributed by atoms with van der Waals surface area (Å²) in [5.41, 5.74) is -0.0636. The molecule has 1 aromatic carbocycles. The fourth-order valence-electron chi connectivity index (χ4n) is 1.57. The van der Waals surface area contributed by atoms with Gasteiger partial charge in [0, 0.05) is 17.7 Å². The molecule has 18 heavy (non-hydrogen) atoms. The Morgan fingerprint density at radius 3 is 2.67 bits per heavy atom. The van der Waals surface area contributed by atoms with Gasteiger partial charge in [-0.15, -0.1) is 0 Å². The van der Waals surface area contributed by atoms with E-state index in [2.05, 4.69) is 5.32 Å². The van der Waals surface area contributed by atoms with E-state index in [-0.39, 0.29) is 23.3 Å². The molecule has 0 heterocycles. The second kappa shape index (κ2) is 6.07. The summed E-state index contributed by atoms with van der Waals surface area (Å²) in [5.74, 6) is -0.323. The Labute approximate surface area is 112 Å². The zero-order valence-electron chi connectivity index (χ0n) is 10.5. The number of hydrogen-bond donors (Lipinski definition) is 3. The zero-order chi connectivity index (χ0) is 13.8. The lowest BCUT2D eigenvalue weighted by atomic mass is 9.94. The van der Waals surface area contributed by atoms with Gasteiger partial charge in [-0.1, -0.05) is 18.5 Å². The molecule has 100 valence electrons. The molecule has 0 aliphatic rings. The SMILES string of the molecule is CCC(C)(CCO)NC(=O)c1ccc(O)c(Cl)c1. The van der Waals surface area contributed by atoms with Crippen molar-refractivity contribution in [2.24, 2.45) is 0 Å². The van der Waals surface area contributed by atoms with Crippen LogP contribution in [0.15, 0.2) is 18.2 Å². The van der Waals surface area contributed by atoms with Crippen LogP contribution in [0.4, 0.5) is 0 Å². The Hall–Kier alpha value is -1.26. The number of carbonyl (C=O) groups excluding carboxylic acids is 1. The predicted molar refractivity (Wildman–Crippen MR) is 71.0 cm³/mol. The minimum atomic E-state index is -0.448. The first-order chi connectivity index (χ1) is 8.41. The van der Waals surface area contributed by atoms with Crippen molar-refractivity contribution in [2.45, 2.75) is 32.2 Å². The Morgan fingerprint density at radius 2 is 2.17 bits per heavy atom. The van der Waals surface area contributed by atoms with Gasteiger partial charge in [0.15, 0.2) is 0 Å². The highest BCUT2D eigenvalue weighted by Crippen LogP contribution is 2.24. The molecule has 1 unspecified atom stereocenters. The maximum atomic E-state index is 12.0. The van der Waals surface area contributed by atoms with Crippen LogP contribution in [0.25, 0.3) is 0 Å². The normalized spacial score (nSPS) is 14.0. The van der Waals surface area contributed by atoms with Gasteiger partial charge in [0.2, 0.25) is 0 Å². The number of hydrogen-bond acceptors (Lipinski definition) is 3. The van der Waals surface area contributed by atoms with E-state index < -0.39 is 5.54 Å². The Balaban J connectivity index is 2.84. The van der Waals surface area contributed by atoms with E-state index in [9.17, 15) is 9.90 Å². The summed E-state index contributed by atoms with van der Waals surface area (Å²) >= 11 is 5.75. The fourth-order valence-corrected chi connectivity index (χ4v) is 1.75. The van der Waals surface area contributed by atoms with E-state index in [4.69, 9.17) is 16.7 Å². The Bertz CT molecular complexity index is 436. The molecule has 0 saturated carbocycles. The van der Waals surface area contributed by atoms with E-state index in [0.717, 1.165) is 0 Å². The van der Waals surface area contributed by atoms with Gasteiger partial charge in [0.05, 0.1) is 5.02 Å². The van der Waals surface area contributed by atoms with Crippen LogP contribution in [0.1, 0.15) is 37.0 Å². The fraction of sp³-hybridized carbons (Fsp3) is 0.462. The average Bonchev–Trinajstić information content (AvgIpc) is 2.32. The molecule has 4 nitrogen and oxygen atoms in total. The lowest BCUT2D eigenvalue weighted by Crippen LogP contribution is -2.46. The largest absolute Gasteiger partial charge is 0.506 e. The first-order valence-corrected chi connectivity index (χ1v) is 6.21. The van der Waals surface area contributed by atoms with Crippen molar-refractivity contribution < 1.29 is 15.0 Å². The first kappa shape index (κ1) is 14.8. The van der Waals surface area contributed by atoms with Crippen LogP contribution in [-0.4, -0.2) is 28.3 Å². The maximum absolute atomic E-state index is 12.0. The first-order valence-electron chi connectivity index (χ1n) is 5.84. The molecule has 0 radical (unpaired) electrons. The Morgan fingerprint density at radius 1 is 1.50 bits per heavy atom. The minimum Gasteiger partial charge on any atom is -0.506 e. The second-order valence-corrected chi connectivity index (χ2v) is 4.92. The molecule has 5 heteroatoms. The van der Waals surface area contributed by atoms with E-state index in [1.54, 1.807) is 0 Å². The number of aromatic hydroxyl groups is 1. The predicted octanol–water partition coefficient (Wildman–Crippen LogP) is 2.33. The molecule has 0 fully saturated rings. The van der Waals surface area contributed by atoms with E-state index in [1.807, 2.05) is 13.8 Å². The van der Waals surface area contributed by atoms with Crippen LogP contribution < -0.4 is 5.32 Å². The van der Waals surface area contributed by atoms with Gasteiger partial charge < -0.3 is 15.5 Å². The number of benzene rings is 1. The molecule has 0 spiro atoms. The lowest BCUT2D eigenvalue weighted by Gasteiger charge is -2.29. The number of aliphatic hydroxyl groups is 1. The van der Waals surface area contributed by atoms with Gasteiger partial charge in [-0.3, -0.25) is 4.79 Å². The van der Waals surface area contributed by atoms with Gasteiger partial charge >= 0.3 is 0 Å². The summed E-state index contributed by atoms with van der Waals surface area (Å²) in [6.07, 6.45) is 1.20. The van der Waals surface area contributed by atoms with Crippen LogP contribution in [0.3, 0.4) is 0 Å². The number of carbonyl (C=O) groups is 1. The summed E-state index contributed by atoms with van der Waals surface area (Å²) in [5, 5.41) is 21.3. The van der Waals surface area contributed by atoms with Crippen molar-refractivity contribution in [3.63, 3.8) is 0 Å². The third-order valence-corrected chi connectivity index (χ3v) is 3.37. The Kier molecular flexibility index (Phi) is 4.99. The smallest absolute Gasteiger partial charge is 0.251 e. The monoisotopic (exact) mass is 271 g/mol. The quantitative estimate of drug-likeness (QED) is 0.770. The highest BCUT2D eigenvalue weighted by atomic mass is 35.5. The summed E-state index contributed by atoms with van der Waals surface area (Å²) in [6, 6.07) is 4.30. The number of phenolic OH excluding ortho intramolecular Hbond substituents is 1. The number of rotatable bonds is 5. The number of amides is 1. The van der Waals surface area contributed by atoms with Crippen molar-refractivity contribution >= 4 is 17.5 Å². The molecule has 1 rings (SSSR count). The number of aliphatic hydroxyl groups excluding tert-OH is 1. The molecule has 3 N–H and O–H groups in total. The molecule has 0 aliphatic carbocycles. The number of halogens is 1. The van der Waals surface area contributed by atoms with Gasteiger partial charge in [-0.25, -0.2) is 0 Å². The molecule has 1 atom stereocenters. The van der Waals surface area contributed by atoms with Crippen molar-refractivity contribution in [3.05, 3.63) is 28.8 Å². The van der Waals surface area contributed by atoms with Crippen molar-refractivity contribution in [1.82, 2.24) is 5.32 Å². The molecule has 1 aromatic rings. The molecular weight excluding hydrogens is 254 g/mol. The van der Waals surface area contributed by atoms with Crippen molar-refractivity contribution in [2.75, 3.05) is 6.61 Å². The molecule has 0 bridgehead atoms. The van der Waals surface area contributed by atoms with E-state index in [0.29, 0.717) is 18.4 Å². The van der Waals surface area contributed by atoms with E-state index in [1.165, 1.54) is 18.2 Å². The number of nitrogens with one attached hydrogen (secondary N) is 1. The third kappa shape index (κ3) is 3.62. The van der Waals surface area contributed by atoms with Crippen LogP contribution in [0.5, 0.6) is 5.75 Å². The lowest BCUT2D eigenvalue weighted by molar-refractivity contribution is 0.0886. The van der Waals surface area contributed by atoms with Crippen LogP contribution >= 0.6 is 11.6 Å². The molecule has 0 aromatic heterocycles. The maximum Gasteiger partial charge on any atom is 0.251 e. The highest BCUT2D eigenvalue weighted by Gasteiger charge is 2.24. The summed E-state index contributed by atoms with van der Waals surface area (Å²) in [7, 11) is 0. The van der Waals surface area contributed by atoms with Crippen molar-refractivity contribution in [1.29, 1.82) is 0 Å². The minimum absolute atomic E-state index is 0.0148. The molecule has 1 amide bonds. The summed E-state index contributed by atoms with van der Waals surface area (Å²) in [4.78, 5) is 12.0. The topological polar surface area (TPSA) is 69.6 Å². The van der Waals surface area contributed by atoms with Crippen LogP contribution in [0.2, 0.25) is 5.02 Å². The molecule has 0 saturated heterocycles. The van der Waals surface area contributed by atoms with Gasteiger partial charge in [0.1, 0.15) is 5.75 Å². The zero-order valence-corrected chi connectivity index (χ0v) is 11.3. The number of phenols is 1. The highest BCUT2D eigenvalue weighted by molar-refractivity contribution is 6.32. The molecule has 0 aliphatic heterocycles. The van der Waals surface area contributed by atoms with E-state index >= 15 is 0 Å². The molecular formula is C13H18ClNO3. The standard InChI is InChI=1S/C13H18ClNO3/c1-3-13(2,6-7-16)15-12(18)9-4-5-11(17)10(14)8-9/h4-5,8,16-17H,3,6-7H2,1-2H3,(H,15,18). The second-order valence-electron chi connectivity index (χ2n) is 4.51. The van der Waals surface area contributed by atoms with Gasteiger partial charge in [0.25, 0.3) is 5.91 Å². The summed E-state index contributed by atoms with van der Waals surface area (Å²) < 4.78 is 0. The van der Waals surface area contributed by atoms with Gasteiger partial charge in [-0.05, 0) is 38.0 Å². The van der Waals surface area contributed by atoms with Crippen LogP contribution in [-0.2, 0) is 0 Å². The summed E-state index contributed by atoms with van der Waals surface area (Å²) in [6.45, 7) is 3.84. The van der Waals surface area contributed by atoms with Gasteiger partial charge in [-0.2, -0.15) is 0 Å². The van der Waals surface area contributed by atoms with Crippen molar-refractivity contribution in [3.8, 4) is 5.75 Å². The average molecular weight is 272 g/mol.